The summed E-state index contributed by atoms with van der Waals surface area (Å²) in [4.78, 5) is 23.2. The highest BCUT2D eigenvalue weighted by Gasteiger charge is 2.22. The van der Waals surface area contributed by atoms with E-state index in [9.17, 15) is 9.59 Å². The van der Waals surface area contributed by atoms with Crippen molar-refractivity contribution >= 4 is 29.9 Å². The smallest absolute Gasteiger partial charge is 0.257 e. The first kappa shape index (κ1) is 18.3. The zero-order chi connectivity index (χ0) is 15.1. The van der Waals surface area contributed by atoms with Crippen molar-refractivity contribution in [2.75, 3.05) is 31.6 Å². The maximum atomic E-state index is 12.0. The minimum Gasteiger partial charge on any atom is -0.484 e. The molecule has 1 aliphatic rings. The molecule has 0 saturated carbocycles. The third kappa shape index (κ3) is 5.54. The highest BCUT2D eigenvalue weighted by Crippen LogP contribution is 2.17. The van der Waals surface area contributed by atoms with Crippen LogP contribution in [0.1, 0.15) is 13.3 Å². The molecule has 1 atom stereocenters. The Bertz CT molecular complexity index is 487. The van der Waals surface area contributed by atoms with Crippen LogP contribution in [0.25, 0.3) is 0 Å². The molecule has 1 unspecified atom stereocenters. The summed E-state index contributed by atoms with van der Waals surface area (Å²) in [5.41, 5.74) is 0.734. The molecule has 22 heavy (non-hydrogen) atoms. The average molecular weight is 328 g/mol. The van der Waals surface area contributed by atoms with Crippen LogP contribution in [0.3, 0.4) is 0 Å². The van der Waals surface area contributed by atoms with Gasteiger partial charge in [-0.15, -0.1) is 12.4 Å². The lowest BCUT2D eigenvalue weighted by Crippen LogP contribution is -2.28. The average Bonchev–Trinajstić information content (AvgIpc) is 3.01. The van der Waals surface area contributed by atoms with Gasteiger partial charge in [-0.25, -0.2) is 0 Å². The molecule has 0 aliphatic carbocycles. The van der Waals surface area contributed by atoms with Gasteiger partial charge in [-0.2, -0.15) is 0 Å². The van der Waals surface area contributed by atoms with Crippen molar-refractivity contribution < 1.29 is 14.3 Å². The van der Waals surface area contributed by atoms with Crippen LogP contribution in [-0.2, 0) is 9.59 Å². The molecular formula is C15H22ClN3O3. The number of likely N-dealkylation sites (N-methyl/N-ethyl adjacent to an activating group) is 1. The van der Waals surface area contributed by atoms with Crippen molar-refractivity contribution in [3.8, 4) is 5.75 Å². The second-order valence-corrected chi connectivity index (χ2v) is 4.95. The summed E-state index contributed by atoms with van der Waals surface area (Å²) in [6.07, 6.45) is 0.875. The molecule has 2 rings (SSSR count). The number of hydrogen-bond acceptors (Lipinski definition) is 4. The lowest BCUT2D eigenvalue weighted by Gasteiger charge is -2.11. The van der Waals surface area contributed by atoms with E-state index in [4.69, 9.17) is 4.74 Å². The Kier molecular flexibility index (Phi) is 7.70. The lowest BCUT2D eigenvalue weighted by atomic mass is 10.1. The summed E-state index contributed by atoms with van der Waals surface area (Å²) in [5.74, 6) is 0.528. The Hall–Kier alpha value is -1.79. The molecule has 0 aromatic heterocycles. The molecule has 3 N–H and O–H groups in total. The van der Waals surface area contributed by atoms with E-state index in [1.165, 1.54) is 0 Å². The van der Waals surface area contributed by atoms with Crippen LogP contribution in [0.2, 0.25) is 0 Å². The zero-order valence-electron chi connectivity index (χ0n) is 12.6. The van der Waals surface area contributed by atoms with Gasteiger partial charge in [-0.1, -0.05) is 0 Å². The van der Waals surface area contributed by atoms with Crippen molar-refractivity contribution in [1.29, 1.82) is 0 Å². The second kappa shape index (κ2) is 9.27. The van der Waals surface area contributed by atoms with E-state index < -0.39 is 0 Å². The molecule has 7 heteroatoms. The molecule has 1 heterocycles. The van der Waals surface area contributed by atoms with Gasteiger partial charge in [0.25, 0.3) is 5.91 Å². The van der Waals surface area contributed by atoms with Crippen LogP contribution < -0.4 is 20.7 Å². The minimum absolute atomic E-state index is 0. The highest BCUT2D eigenvalue weighted by molar-refractivity contribution is 5.92. The number of hydrogen-bond donors (Lipinski definition) is 3. The van der Waals surface area contributed by atoms with Gasteiger partial charge in [0.05, 0.1) is 5.92 Å². The monoisotopic (exact) mass is 327 g/mol. The molecule has 122 valence electrons. The molecule has 6 nitrogen and oxygen atoms in total. The van der Waals surface area contributed by atoms with E-state index in [2.05, 4.69) is 16.0 Å². The fourth-order valence-electron chi connectivity index (χ4n) is 2.15. The fourth-order valence-corrected chi connectivity index (χ4v) is 2.15. The lowest BCUT2D eigenvalue weighted by molar-refractivity contribution is -0.123. The Labute approximate surface area is 136 Å². The Morgan fingerprint density at radius 1 is 1.32 bits per heavy atom. The first-order valence-electron chi connectivity index (χ1n) is 7.20. The summed E-state index contributed by atoms with van der Waals surface area (Å²) in [7, 11) is 0. The van der Waals surface area contributed by atoms with E-state index in [-0.39, 0.29) is 36.7 Å². The van der Waals surface area contributed by atoms with Crippen LogP contribution in [0.15, 0.2) is 24.3 Å². The van der Waals surface area contributed by atoms with Crippen LogP contribution in [0, 0.1) is 5.92 Å². The molecular weight excluding hydrogens is 306 g/mol. The molecule has 0 bridgehead atoms. The van der Waals surface area contributed by atoms with Crippen LogP contribution in [0.5, 0.6) is 5.75 Å². The molecule has 1 aliphatic heterocycles. The molecule has 1 saturated heterocycles. The fraction of sp³-hybridized carbons (Fsp3) is 0.467. The van der Waals surface area contributed by atoms with E-state index >= 15 is 0 Å². The largest absolute Gasteiger partial charge is 0.484 e. The van der Waals surface area contributed by atoms with Crippen molar-refractivity contribution in [3.05, 3.63) is 24.3 Å². The van der Waals surface area contributed by atoms with Crippen molar-refractivity contribution in [2.45, 2.75) is 13.3 Å². The Morgan fingerprint density at radius 2 is 2.05 bits per heavy atom. The topological polar surface area (TPSA) is 79.5 Å². The number of amides is 2. The van der Waals surface area contributed by atoms with Crippen molar-refractivity contribution in [3.63, 3.8) is 0 Å². The standard InChI is InChI=1S/C15H21N3O3.ClH/c1-2-17-14(19)10-21-13-5-3-12(4-6-13)18-15(20)11-7-8-16-9-11;/h3-6,11,16H,2,7-10H2,1H3,(H,17,19)(H,18,20);1H. The third-order valence-electron chi connectivity index (χ3n) is 3.30. The van der Waals surface area contributed by atoms with Gasteiger partial charge in [-0.3, -0.25) is 9.59 Å². The Balaban J connectivity index is 0.00000242. The maximum absolute atomic E-state index is 12.0. The quantitative estimate of drug-likeness (QED) is 0.733. The van der Waals surface area contributed by atoms with Gasteiger partial charge in [0.15, 0.2) is 6.61 Å². The van der Waals surface area contributed by atoms with Gasteiger partial charge in [0.1, 0.15) is 5.75 Å². The predicted molar refractivity (Wildman–Crippen MR) is 87.5 cm³/mol. The molecule has 1 aromatic rings. The zero-order valence-corrected chi connectivity index (χ0v) is 13.4. The molecule has 0 spiro atoms. The molecule has 0 radical (unpaired) electrons. The minimum atomic E-state index is -0.149. The number of benzene rings is 1. The number of anilines is 1. The van der Waals surface area contributed by atoms with Gasteiger partial charge in [-0.05, 0) is 44.2 Å². The summed E-state index contributed by atoms with van der Waals surface area (Å²) in [5, 5.41) is 8.71. The Morgan fingerprint density at radius 3 is 2.64 bits per heavy atom. The number of carbonyl (C=O) groups excluding carboxylic acids is 2. The van der Waals surface area contributed by atoms with E-state index in [0.717, 1.165) is 25.2 Å². The van der Waals surface area contributed by atoms with Crippen molar-refractivity contribution in [2.24, 2.45) is 5.92 Å². The van der Waals surface area contributed by atoms with E-state index in [0.29, 0.717) is 12.3 Å². The number of carbonyl (C=O) groups is 2. The number of ether oxygens (including phenoxy) is 1. The van der Waals surface area contributed by atoms with Crippen LogP contribution in [-0.4, -0.2) is 38.1 Å². The molecule has 2 amide bonds. The second-order valence-electron chi connectivity index (χ2n) is 4.95. The molecule has 1 fully saturated rings. The normalized spacial score (nSPS) is 16.5. The summed E-state index contributed by atoms with van der Waals surface area (Å²) in [6, 6.07) is 7.02. The van der Waals surface area contributed by atoms with Crippen molar-refractivity contribution in [1.82, 2.24) is 10.6 Å². The van der Waals surface area contributed by atoms with E-state index in [1.807, 2.05) is 6.92 Å². The SMILES string of the molecule is CCNC(=O)COc1ccc(NC(=O)C2CCNC2)cc1.Cl. The van der Waals surface area contributed by atoms with Gasteiger partial charge in [0, 0.05) is 18.8 Å². The number of nitrogens with one attached hydrogen (secondary N) is 3. The van der Waals surface area contributed by atoms with Crippen LogP contribution >= 0.6 is 12.4 Å². The van der Waals surface area contributed by atoms with Gasteiger partial charge >= 0.3 is 0 Å². The maximum Gasteiger partial charge on any atom is 0.257 e. The first-order chi connectivity index (χ1) is 10.2. The van der Waals surface area contributed by atoms with E-state index in [1.54, 1.807) is 24.3 Å². The summed E-state index contributed by atoms with van der Waals surface area (Å²) in [6.45, 7) is 4.07. The van der Waals surface area contributed by atoms with Crippen LogP contribution in [0.4, 0.5) is 5.69 Å². The molecule has 1 aromatic carbocycles. The summed E-state index contributed by atoms with van der Waals surface area (Å²) < 4.78 is 5.35. The number of halogens is 1. The summed E-state index contributed by atoms with van der Waals surface area (Å²) >= 11 is 0. The third-order valence-corrected chi connectivity index (χ3v) is 3.30. The highest BCUT2D eigenvalue weighted by atomic mass is 35.5. The van der Waals surface area contributed by atoms with Gasteiger partial charge in [0.2, 0.25) is 5.91 Å². The number of rotatable bonds is 6. The first-order valence-corrected chi connectivity index (χ1v) is 7.20. The van der Waals surface area contributed by atoms with Gasteiger partial charge < -0.3 is 20.7 Å². The predicted octanol–water partition coefficient (Wildman–Crippen LogP) is 1.17.